The zero-order valence-corrected chi connectivity index (χ0v) is 10.3. The summed E-state index contributed by atoms with van der Waals surface area (Å²) in [6.45, 7) is 6.01. The standard InChI is InChI=1S/C13H20O3/c1-4-6-7-11(5-2)16-12-8-10(3)15-13(14)9-12/h8-9,11H,4-7H2,1-3H3. The van der Waals surface area contributed by atoms with Crippen LogP contribution in [0.4, 0.5) is 0 Å². The number of unbranched alkanes of at least 4 members (excludes halogenated alkanes) is 1. The normalized spacial score (nSPS) is 12.4. The summed E-state index contributed by atoms with van der Waals surface area (Å²) in [6.07, 6.45) is 4.50. The van der Waals surface area contributed by atoms with Gasteiger partial charge in [-0.05, 0) is 19.8 Å². The monoisotopic (exact) mass is 224 g/mol. The van der Waals surface area contributed by atoms with Crippen molar-refractivity contribution in [3.05, 3.63) is 28.3 Å². The predicted octanol–water partition coefficient (Wildman–Crippen LogP) is 3.30. The van der Waals surface area contributed by atoms with Crippen molar-refractivity contribution in [3.63, 3.8) is 0 Å². The van der Waals surface area contributed by atoms with Gasteiger partial charge in [0.2, 0.25) is 0 Å². The van der Waals surface area contributed by atoms with E-state index in [0.29, 0.717) is 11.5 Å². The van der Waals surface area contributed by atoms with Gasteiger partial charge in [0.05, 0.1) is 12.2 Å². The highest BCUT2D eigenvalue weighted by Gasteiger charge is 2.08. The molecular formula is C13H20O3. The van der Waals surface area contributed by atoms with Crippen molar-refractivity contribution in [2.45, 2.75) is 52.6 Å². The highest BCUT2D eigenvalue weighted by molar-refractivity contribution is 5.20. The highest BCUT2D eigenvalue weighted by atomic mass is 16.5. The molecule has 1 aromatic heterocycles. The fourth-order valence-corrected chi connectivity index (χ4v) is 1.61. The highest BCUT2D eigenvalue weighted by Crippen LogP contribution is 2.16. The van der Waals surface area contributed by atoms with E-state index in [0.717, 1.165) is 25.7 Å². The Hall–Kier alpha value is -1.25. The van der Waals surface area contributed by atoms with Crippen molar-refractivity contribution in [3.8, 4) is 5.75 Å². The first-order valence-electron chi connectivity index (χ1n) is 5.94. The number of rotatable bonds is 6. The molecular weight excluding hydrogens is 204 g/mol. The SMILES string of the molecule is CCCCC(CC)Oc1cc(C)oc(=O)c1. The third-order valence-electron chi connectivity index (χ3n) is 2.50. The second-order valence-electron chi connectivity index (χ2n) is 4.01. The molecule has 3 heteroatoms. The summed E-state index contributed by atoms with van der Waals surface area (Å²) in [6, 6.07) is 3.16. The van der Waals surface area contributed by atoms with Gasteiger partial charge < -0.3 is 9.15 Å². The van der Waals surface area contributed by atoms with Crippen molar-refractivity contribution in [2.24, 2.45) is 0 Å². The van der Waals surface area contributed by atoms with Crippen molar-refractivity contribution >= 4 is 0 Å². The van der Waals surface area contributed by atoms with Crippen LogP contribution in [0.2, 0.25) is 0 Å². The molecule has 0 fully saturated rings. The van der Waals surface area contributed by atoms with E-state index in [2.05, 4.69) is 13.8 Å². The van der Waals surface area contributed by atoms with E-state index in [1.807, 2.05) is 0 Å². The third-order valence-corrected chi connectivity index (χ3v) is 2.50. The lowest BCUT2D eigenvalue weighted by molar-refractivity contribution is 0.181. The molecule has 1 atom stereocenters. The number of aryl methyl sites for hydroxylation is 1. The average molecular weight is 224 g/mol. The minimum absolute atomic E-state index is 0.196. The molecule has 90 valence electrons. The summed E-state index contributed by atoms with van der Waals surface area (Å²) in [5.74, 6) is 1.21. The van der Waals surface area contributed by atoms with Crippen LogP contribution in [-0.4, -0.2) is 6.10 Å². The van der Waals surface area contributed by atoms with Crippen LogP contribution in [0.1, 0.15) is 45.3 Å². The Kier molecular flexibility index (Phi) is 5.09. The van der Waals surface area contributed by atoms with E-state index in [-0.39, 0.29) is 11.7 Å². The van der Waals surface area contributed by atoms with Gasteiger partial charge in [-0.15, -0.1) is 0 Å². The van der Waals surface area contributed by atoms with Gasteiger partial charge in [-0.25, -0.2) is 4.79 Å². The van der Waals surface area contributed by atoms with E-state index in [9.17, 15) is 4.79 Å². The fourth-order valence-electron chi connectivity index (χ4n) is 1.61. The molecule has 1 unspecified atom stereocenters. The lowest BCUT2D eigenvalue weighted by Gasteiger charge is -2.16. The molecule has 0 N–H and O–H groups in total. The first-order valence-corrected chi connectivity index (χ1v) is 5.94. The Bertz CT molecular complexity index is 368. The van der Waals surface area contributed by atoms with Crippen molar-refractivity contribution in [2.75, 3.05) is 0 Å². The predicted molar refractivity (Wildman–Crippen MR) is 63.9 cm³/mol. The molecule has 0 aromatic carbocycles. The molecule has 1 aromatic rings. The maximum atomic E-state index is 11.1. The van der Waals surface area contributed by atoms with Gasteiger partial charge in [-0.1, -0.05) is 26.7 Å². The molecule has 0 aliphatic rings. The van der Waals surface area contributed by atoms with Crippen LogP contribution >= 0.6 is 0 Å². The van der Waals surface area contributed by atoms with Gasteiger partial charge in [0.15, 0.2) is 0 Å². The molecule has 0 bridgehead atoms. The van der Waals surface area contributed by atoms with Crippen molar-refractivity contribution in [1.29, 1.82) is 0 Å². The second kappa shape index (κ2) is 6.36. The molecule has 16 heavy (non-hydrogen) atoms. The van der Waals surface area contributed by atoms with Crippen LogP contribution < -0.4 is 10.4 Å². The Balaban J connectivity index is 2.66. The van der Waals surface area contributed by atoms with E-state index >= 15 is 0 Å². The minimum atomic E-state index is -0.347. The molecule has 1 heterocycles. The smallest absolute Gasteiger partial charge is 0.339 e. The summed E-state index contributed by atoms with van der Waals surface area (Å²) < 4.78 is 10.6. The molecule has 0 amide bonds. The molecule has 0 radical (unpaired) electrons. The zero-order valence-electron chi connectivity index (χ0n) is 10.3. The molecule has 1 rings (SSSR count). The summed E-state index contributed by atoms with van der Waals surface area (Å²) in [4.78, 5) is 11.1. The average Bonchev–Trinajstić information content (AvgIpc) is 2.22. The van der Waals surface area contributed by atoms with Crippen LogP contribution in [0.3, 0.4) is 0 Å². The second-order valence-corrected chi connectivity index (χ2v) is 4.01. The first kappa shape index (κ1) is 12.8. The van der Waals surface area contributed by atoms with E-state index in [1.165, 1.54) is 6.07 Å². The summed E-state index contributed by atoms with van der Waals surface area (Å²) in [5.41, 5.74) is -0.347. The van der Waals surface area contributed by atoms with E-state index in [1.54, 1.807) is 13.0 Å². The van der Waals surface area contributed by atoms with Crippen LogP contribution in [0, 0.1) is 6.92 Å². The Morgan fingerprint density at radius 2 is 2.12 bits per heavy atom. The maximum Gasteiger partial charge on any atom is 0.339 e. The van der Waals surface area contributed by atoms with Gasteiger partial charge in [0.1, 0.15) is 11.5 Å². The minimum Gasteiger partial charge on any atom is -0.490 e. The summed E-state index contributed by atoms with van der Waals surface area (Å²) >= 11 is 0. The number of hydrogen-bond acceptors (Lipinski definition) is 3. The largest absolute Gasteiger partial charge is 0.490 e. The number of ether oxygens (including phenoxy) is 1. The summed E-state index contributed by atoms with van der Waals surface area (Å²) in [5, 5.41) is 0. The molecule has 0 saturated carbocycles. The third kappa shape index (κ3) is 4.09. The fraction of sp³-hybridized carbons (Fsp3) is 0.615. The van der Waals surface area contributed by atoms with Crippen molar-refractivity contribution < 1.29 is 9.15 Å². The van der Waals surface area contributed by atoms with Gasteiger partial charge >= 0.3 is 5.63 Å². The van der Waals surface area contributed by atoms with Gasteiger partial charge in [-0.3, -0.25) is 0 Å². The summed E-state index contributed by atoms with van der Waals surface area (Å²) in [7, 11) is 0. The van der Waals surface area contributed by atoms with Gasteiger partial charge in [0, 0.05) is 6.07 Å². The number of hydrogen-bond donors (Lipinski definition) is 0. The van der Waals surface area contributed by atoms with Crippen LogP contribution in [0.15, 0.2) is 21.3 Å². The molecule has 0 spiro atoms. The first-order chi connectivity index (χ1) is 7.65. The molecule has 3 nitrogen and oxygen atoms in total. The topological polar surface area (TPSA) is 39.4 Å². The molecule has 0 aliphatic heterocycles. The van der Waals surface area contributed by atoms with Gasteiger partial charge in [0.25, 0.3) is 0 Å². The van der Waals surface area contributed by atoms with Crippen LogP contribution in [0.25, 0.3) is 0 Å². The van der Waals surface area contributed by atoms with Crippen LogP contribution in [0.5, 0.6) is 5.75 Å². The molecule has 0 saturated heterocycles. The lowest BCUT2D eigenvalue weighted by atomic mass is 10.1. The van der Waals surface area contributed by atoms with Gasteiger partial charge in [-0.2, -0.15) is 0 Å². The van der Waals surface area contributed by atoms with Crippen LogP contribution in [-0.2, 0) is 0 Å². The van der Waals surface area contributed by atoms with E-state index < -0.39 is 0 Å². The Labute approximate surface area is 96.4 Å². The maximum absolute atomic E-state index is 11.1. The molecule has 0 aliphatic carbocycles. The Morgan fingerprint density at radius 1 is 1.38 bits per heavy atom. The van der Waals surface area contributed by atoms with Crippen molar-refractivity contribution in [1.82, 2.24) is 0 Å². The zero-order chi connectivity index (χ0) is 12.0. The quantitative estimate of drug-likeness (QED) is 0.744. The lowest BCUT2D eigenvalue weighted by Crippen LogP contribution is -2.16. The Morgan fingerprint density at radius 3 is 2.69 bits per heavy atom. The van der Waals surface area contributed by atoms with E-state index in [4.69, 9.17) is 9.15 Å².